The maximum Gasteiger partial charge on any atom is 1.00 e. The third kappa shape index (κ3) is 7.60. The molecule has 0 bridgehead atoms. The molecule has 0 aliphatic rings. The molecule has 2 N–H and O–H groups in total. The molecule has 9 heteroatoms. The van der Waals surface area contributed by atoms with Gasteiger partial charge in [-0.15, -0.1) is 0 Å². The standard InChI is InChI=1S/C8H6O4.C7H6O3.2Ag/c9-7(10)5-1-2-6(4-3-5)8(11)12;8-6-4-2-1-3-5(6)7(9)10;;/h1-4H,(H,9,10)(H,11,12);1-4,8H,(H,9,10);;/q;;2*+1/p-2. The first-order valence-electron chi connectivity index (χ1n) is 5.87. The smallest absolute Gasteiger partial charge is 0.872 e. The molecular weight excluding hydrogens is 508 g/mol. The van der Waals surface area contributed by atoms with Crippen molar-refractivity contribution in [3.05, 3.63) is 65.2 Å². The molecule has 0 saturated carbocycles. The number of rotatable bonds is 3. The third-order valence-corrected chi connectivity index (χ3v) is 2.49. The van der Waals surface area contributed by atoms with Gasteiger partial charge in [-0.2, -0.15) is 0 Å². The van der Waals surface area contributed by atoms with Crippen molar-refractivity contribution in [2.24, 2.45) is 0 Å². The molecule has 2 rings (SSSR count). The van der Waals surface area contributed by atoms with E-state index in [1.54, 1.807) is 0 Å². The normalized spacial score (nSPS) is 8.50. The van der Waals surface area contributed by atoms with Crippen LogP contribution >= 0.6 is 0 Å². The summed E-state index contributed by atoms with van der Waals surface area (Å²) in [6, 6.07) is 10.4. The van der Waals surface area contributed by atoms with Gasteiger partial charge in [0, 0.05) is 0 Å². The fourth-order valence-electron chi connectivity index (χ4n) is 1.39. The second-order valence-corrected chi connectivity index (χ2v) is 3.97. The summed E-state index contributed by atoms with van der Waals surface area (Å²) in [5.41, 5.74) is -0.150. The average Bonchev–Trinajstić information content (AvgIpc) is 2.48. The number of aromatic carboxylic acids is 3. The average molecular weight is 518 g/mol. The van der Waals surface area contributed by atoms with E-state index in [0.29, 0.717) is 0 Å². The maximum atomic E-state index is 10.7. The number of carboxylic acid groups (broad SMARTS) is 3. The van der Waals surface area contributed by atoms with Crippen molar-refractivity contribution in [1.82, 2.24) is 0 Å². The zero-order chi connectivity index (χ0) is 16.7. The van der Waals surface area contributed by atoms with Gasteiger partial charge in [-0.1, -0.05) is 36.1 Å². The second kappa shape index (κ2) is 11.6. The van der Waals surface area contributed by atoms with Crippen LogP contribution in [0.15, 0.2) is 48.5 Å². The van der Waals surface area contributed by atoms with Gasteiger partial charge in [0.15, 0.2) is 0 Å². The fraction of sp³-hybridized carbons (Fsp3) is 0. The monoisotopic (exact) mass is 516 g/mol. The Balaban J connectivity index is 0. The summed E-state index contributed by atoms with van der Waals surface area (Å²) in [5, 5.41) is 37.7. The van der Waals surface area contributed by atoms with Gasteiger partial charge >= 0.3 is 56.7 Å². The Kier molecular flexibility index (Phi) is 11.8. The summed E-state index contributed by atoms with van der Waals surface area (Å²) in [5.74, 6) is -4.02. The minimum atomic E-state index is -1.31. The van der Waals surface area contributed by atoms with Crippen LogP contribution in [0.1, 0.15) is 31.1 Å². The number of para-hydroxylation sites is 1. The molecule has 0 heterocycles. The maximum absolute atomic E-state index is 10.7. The van der Waals surface area contributed by atoms with E-state index in [-0.39, 0.29) is 61.5 Å². The van der Waals surface area contributed by atoms with Gasteiger partial charge in [0.2, 0.25) is 0 Å². The van der Waals surface area contributed by atoms with Gasteiger partial charge in [-0.25, -0.2) is 9.59 Å². The molecule has 0 aliphatic carbocycles. The molecule has 0 aliphatic heterocycles. The molecule has 0 radical (unpaired) electrons. The van der Waals surface area contributed by atoms with Gasteiger partial charge in [-0.05, 0) is 23.8 Å². The van der Waals surface area contributed by atoms with Crippen molar-refractivity contribution in [3.63, 3.8) is 0 Å². The van der Waals surface area contributed by atoms with E-state index in [2.05, 4.69) is 0 Å². The Hall–Kier alpha value is -1.87. The van der Waals surface area contributed by atoms with Crippen LogP contribution in [0.5, 0.6) is 5.75 Å². The van der Waals surface area contributed by atoms with Crippen LogP contribution in [0, 0.1) is 0 Å². The van der Waals surface area contributed by atoms with Crippen LogP contribution in [-0.2, 0) is 44.8 Å². The molecule has 0 atom stereocenters. The largest absolute Gasteiger partial charge is 1.00 e. The summed E-state index contributed by atoms with van der Waals surface area (Å²) in [7, 11) is 0. The molecular formula is C15H10Ag2O7. The summed E-state index contributed by atoms with van der Waals surface area (Å²) < 4.78 is 0. The molecule has 0 aromatic heterocycles. The minimum Gasteiger partial charge on any atom is -0.872 e. The number of benzene rings is 2. The molecule has 134 valence electrons. The van der Waals surface area contributed by atoms with E-state index in [9.17, 15) is 24.6 Å². The summed E-state index contributed by atoms with van der Waals surface area (Å²) in [6.07, 6.45) is 0. The second-order valence-electron chi connectivity index (χ2n) is 3.97. The van der Waals surface area contributed by atoms with Crippen LogP contribution in [0.3, 0.4) is 0 Å². The Morgan fingerprint density at radius 3 is 1.54 bits per heavy atom. The quantitative estimate of drug-likeness (QED) is 0.555. The molecule has 0 spiro atoms. The first-order valence-corrected chi connectivity index (χ1v) is 5.87. The molecule has 0 amide bonds. The Morgan fingerprint density at radius 2 is 1.21 bits per heavy atom. The molecule has 0 fully saturated rings. The number of hydrogen-bond donors (Lipinski definition) is 2. The predicted molar refractivity (Wildman–Crippen MR) is 70.6 cm³/mol. The molecule has 7 nitrogen and oxygen atoms in total. The van der Waals surface area contributed by atoms with Crippen molar-refractivity contribution in [2.45, 2.75) is 0 Å². The van der Waals surface area contributed by atoms with Gasteiger partial charge < -0.3 is 25.2 Å². The van der Waals surface area contributed by atoms with E-state index in [1.807, 2.05) is 0 Å². The van der Waals surface area contributed by atoms with Crippen LogP contribution < -0.4 is 10.2 Å². The van der Waals surface area contributed by atoms with Crippen molar-refractivity contribution < 1.29 is 79.6 Å². The molecule has 2 aromatic carbocycles. The van der Waals surface area contributed by atoms with Crippen molar-refractivity contribution >= 4 is 17.9 Å². The van der Waals surface area contributed by atoms with Crippen molar-refractivity contribution in [2.75, 3.05) is 0 Å². The molecule has 2 aromatic rings. The van der Waals surface area contributed by atoms with E-state index >= 15 is 0 Å². The topological polar surface area (TPSA) is 138 Å². The van der Waals surface area contributed by atoms with Gasteiger partial charge in [0.05, 0.1) is 17.1 Å². The number of carboxylic acids is 3. The Bertz CT molecular complexity index is 666. The van der Waals surface area contributed by atoms with E-state index < -0.39 is 23.7 Å². The zero-order valence-electron chi connectivity index (χ0n) is 11.7. The SMILES string of the molecule is O=C(O)c1ccccc1[O-].O=C([O-])c1ccc(C(=O)O)cc1.[Ag+].[Ag+]. The fourth-order valence-corrected chi connectivity index (χ4v) is 1.39. The van der Waals surface area contributed by atoms with E-state index in [4.69, 9.17) is 10.2 Å². The third-order valence-electron chi connectivity index (χ3n) is 2.49. The predicted octanol–water partition coefficient (Wildman–Crippen LogP) is 0.202. The summed E-state index contributed by atoms with van der Waals surface area (Å²) in [4.78, 5) is 30.8. The Labute approximate surface area is 168 Å². The first kappa shape index (κ1) is 24.4. The summed E-state index contributed by atoms with van der Waals surface area (Å²) in [6.45, 7) is 0. The molecule has 24 heavy (non-hydrogen) atoms. The number of hydrogen-bond acceptors (Lipinski definition) is 5. The van der Waals surface area contributed by atoms with Crippen LogP contribution in [0.2, 0.25) is 0 Å². The van der Waals surface area contributed by atoms with Gasteiger partial charge in [-0.3, -0.25) is 0 Å². The zero-order valence-corrected chi connectivity index (χ0v) is 14.6. The number of carbonyl (C=O) groups excluding carboxylic acids is 1. The Morgan fingerprint density at radius 1 is 0.750 bits per heavy atom. The van der Waals surface area contributed by atoms with Gasteiger partial charge in [0.25, 0.3) is 0 Å². The number of carbonyl (C=O) groups is 3. The van der Waals surface area contributed by atoms with E-state index in [0.717, 1.165) is 0 Å². The minimum absolute atomic E-state index is 0. The summed E-state index contributed by atoms with van der Waals surface area (Å²) >= 11 is 0. The van der Waals surface area contributed by atoms with Crippen molar-refractivity contribution in [3.8, 4) is 5.75 Å². The van der Waals surface area contributed by atoms with Crippen LogP contribution in [0.25, 0.3) is 0 Å². The van der Waals surface area contributed by atoms with Gasteiger partial charge in [0.1, 0.15) is 0 Å². The van der Waals surface area contributed by atoms with Crippen molar-refractivity contribution in [1.29, 1.82) is 0 Å². The molecule has 0 unspecified atom stereocenters. The van der Waals surface area contributed by atoms with E-state index in [1.165, 1.54) is 48.5 Å². The van der Waals surface area contributed by atoms with Crippen LogP contribution in [0.4, 0.5) is 0 Å². The molecule has 0 saturated heterocycles. The van der Waals surface area contributed by atoms with Crippen LogP contribution in [-0.4, -0.2) is 28.1 Å². The first-order chi connectivity index (χ1) is 10.3.